The van der Waals surface area contributed by atoms with Gasteiger partial charge in [-0.15, -0.1) is 0 Å². The van der Waals surface area contributed by atoms with Crippen LogP contribution in [0.4, 0.5) is 0 Å². The minimum Gasteiger partial charge on any atom is -0.161 e. The third-order valence-electron chi connectivity index (χ3n) is 2.58. The number of unbranched alkanes of at least 4 members (excludes halogenated alkanes) is 4. The summed E-state index contributed by atoms with van der Waals surface area (Å²) in [5.41, 5.74) is 1.24. The first kappa shape index (κ1) is 14.1. The van der Waals surface area contributed by atoms with Crippen LogP contribution in [0, 0.1) is 0 Å². The number of benzene rings is 1. The highest BCUT2D eigenvalue weighted by molar-refractivity contribution is 7.37. The van der Waals surface area contributed by atoms with Crippen molar-refractivity contribution in [3.63, 3.8) is 0 Å². The summed E-state index contributed by atoms with van der Waals surface area (Å²) < 4.78 is 10.4. The molecule has 1 atom stereocenters. The van der Waals surface area contributed by atoms with E-state index in [1.54, 1.807) is 0 Å². The van der Waals surface area contributed by atoms with Crippen molar-refractivity contribution in [1.29, 1.82) is 0 Å². The zero-order chi connectivity index (χ0) is 12.3. The van der Waals surface area contributed by atoms with Crippen molar-refractivity contribution in [2.24, 2.45) is 0 Å². The van der Waals surface area contributed by atoms with Crippen LogP contribution in [0.15, 0.2) is 36.4 Å². The molecule has 1 unspecified atom stereocenters. The summed E-state index contributed by atoms with van der Waals surface area (Å²) in [5, 5.41) is 0. The van der Waals surface area contributed by atoms with Gasteiger partial charge in [-0.1, -0.05) is 48.9 Å². The molecule has 3 heteroatoms. The van der Waals surface area contributed by atoms with Gasteiger partial charge in [-0.05, 0) is 35.8 Å². The molecule has 1 aromatic rings. The lowest BCUT2D eigenvalue weighted by atomic mass is 10.1. The molecule has 0 aliphatic rings. The Hall–Kier alpha value is -0.980. The number of allylic oxidation sites excluding steroid dienone is 1. The number of hydrogen-bond donors (Lipinski definition) is 1. The quantitative estimate of drug-likeness (QED) is 0.549. The molecule has 0 amide bonds. The largest absolute Gasteiger partial charge is 0.505 e. The van der Waals surface area contributed by atoms with E-state index < -0.39 is 8.03 Å². The van der Waals surface area contributed by atoms with Crippen LogP contribution in [-0.2, 0) is 4.57 Å². The summed E-state index contributed by atoms with van der Waals surface area (Å²) in [6, 6.07) is 10.3. The second kappa shape index (κ2) is 9.09. The second-order valence-electron chi connectivity index (χ2n) is 4.09. The van der Waals surface area contributed by atoms with Gasteiger partial charge < -0.3 is 0 Å². The highest BCUT2D eigenvalue weighted by Gasteiger charge is 2.07. The Morgan fingerprint density at radius 3 is 2.47 bits per heavy atom. The van der Waals surface area contributed by atoms with E-state index in [0.29, 0.717) is 6.16 Å². The average Bonchev–Trinajstić information content (AvgIpc) is 2.33. The zero-order valence-electron chi connectivity index (χ0n) is 10.1. The van der Waals surface area contributed by atoms with Crippen molar-refractivity contribution in [3.8, 4) is 0 Å². The van der Waals surface area contributed by atoms with Crippen LogP contribution in [0.25, 0.3) is 6.08 Å². The molecule has 17 heavy (non-hydrogen) atoms. The Bertz CT molecular complexity index is 346. The minimum absolute atomic E-state index is 0.454. The fraction of sp³-hybridized carbons (Fsp3) is 0.429. The van der Waals surface area contributed by atoms with Crippen molar-refractivity contribution in [1.82, 2.24) is 0 Å². The lowest BCUT2D eigenvalue weighted by molar-refractivity contribution is 0.499. The van der Waals surface area contributed by atoms with Crippen LogP contribution in [0.5, 0.6) is 0 Å². The van der Waals surface area contributed by atoms with Crippen LogP contribution in [0.2, 0.25) is 0 Å². The van der Waals surface area contributed by atoms with Gasteiger partial charge in [-0.2, -0.15) is 4.89 Å². The topological polar surface area (TPSA) is 37.3 Å². The Morgan fingerprint density at radius 1 is 1.06 bits per heavy atom. The van der Waals surface area contributed by atoms with E-state index in [2.05, 4.69) is 24.3 Å². The maximum absolute atomic E-state index is 10.4. The molecule has 2 nitrogen and oxygen atoms in total. The fourth-order valence-corrected chi connectivity index (χ4v) is 2.14. The van der Waals surface area contributed by atoms with Gasteiger partial charge in [0.05, 0.1) is 0 Å². The average molecular weight is 251 g/mol. The van der Waals surface area contributed by atoms with Gasteiger partial charge in [-0.3, -0.25) is 0 Å². The molecule has 1 aromatic carbocycles. The Labute approximate surface area is 104 Å². The summed E-state index contributed by atoms with van der Waals surface area (Å²) in [6.45, 7) is 0. The molecule has 0 saturated carbocycles. The second-order valence-corrected chi connectivity index (χ2v) is 5.24. The molecule has 1 rings (SSSR count). The number of rotatable bonds is 8. The highest BCUT2D eigenvalue weighted by Crippen LogP contribution is 2.16. The van der Waals surface area contributed by atoms with Gasteiger partial charge in [0, 0.05) is 0 Å². The van der Waals surface area contributed by atoms with Crippen molar-refractivity contribution in [2.75, 3.05) is 6.16 Å². The monoisotopic (exact) mass is 251 g/mol. The maximum Gasteiger partial charge on any atom is 0.505 e. The predicted molar refractivity (Wildman–Crippen MR) is 73.3 cm³/mol. The molecule has 92 valence electrons. The van der Waals surface area contributed by atoms with E-state index in [1.165, 1.54) is 5.56 Å². The van der Waals surface area contributed by atoms with E-state index in [1.807, 2.05) is 18.2 Å². The van der Waals surface area contributed by atoms with Crippen LogP contribution in [0.1, 0.15) is 37.7 Å². The molecule has 0 radical (unpaired) electrons. The normalized spacial score (nSPS) is 11.9. The summed E-state index contributed by atoms with van der Waals surface area (Å²) in [7, 11) is -1.92. The van der Waals surface area contributed by atoms with E-state index >= 15 is 0 Å². The van der Waals surface area contributed by atoms with Gasteiger partial charge in [0.2, 0.25) is 0 Å². The van der Waals surface area contributed by atoms with Gasteiger partial charge in [0.25, 0.3) is 0 Å². The summed E-state index contributed by atoms with van der Waals surface area (Å²) >= 11 is 0. The summed E-state index contributed by atoms with van der Waals surface area (Å²) in [5.74, 6) is 0. The van der Waals surface area contributed by atoms with Crippen LogP contribution < -0.4 is 0 Å². The van der Waals surface area contributed by atoms with E-state index in [9.17, 15) is 4.57 Å². The molecule has 0 heterocycles. The smallest absolute Gasteiger partial charge is 0.161 e. The fourth-order valence-electron chi connectivity index (χ4n) is 1.65. The maximum atomic E-state index is 10.4. The summed E-state index contributed by atoms with van der Waals surface area (Å²) in [6.07, 6.45) is 10.1. The zero-order valence-corrected chi connectivity index (χ0v) is 11.0. The Kier molecular flexibility index (Phi) is 7.53. The molecule has 0 saturated heterocycles. The highest BCUT2D eigenvalue weighted by atomic mass is 31.1. The SMILES string of the molecule is O=[P+](O)CCCCCCC=Cc1ccccc1. The van der Waals surface area contributed by atoms with Crippen LogP contribution >= 0.6 is 8.03 Å². The van der Waals surface area contributed by atoms with Gasteiger partial charge in [-0.25, -0.2) is 0 Å². The lowest BCUT2D eigenvalue weighted by Gasteiger charge is -1.95. The predicted octanol–water partition coefficient (Wildman–Crippen LogP) is 4.39. The molecule has 0 aromatic heterocycles. The molecule has 0 aliphatic carbocycles. The van der Waals surface area contributed by atoms with Gasteiger partial charge >= 0.3 is 8.03 Å². The van der Waals surface area contributed by atoms with E-state index in [0.717, 1.165) is 32.1 Å². The van der Waals surface area contributed by atoms with Crippen molar-refractivity contribution in [2.45, 2.75) is 32.1 Å². The standard InChI is InChI=1S/C14H19O2P/c15-17(16)13-9-4-2-1-3-6-10-14-11-7-5-8-12-14/h5-8,10-12H,1-4,9,13H2/p+1. The third kappa shape index (κ3) is 7.84. The first-order chi connectivity index (χ1) is 8.29. The van der Waals surface area contributed by atoms with Gasteiger partial charge in [0.1, 0.15) is 0 Å². The first-order valence-electron chi connectivity index (χ1n) is 6.14. The van der Waals surface area contributed by atoms with Crippen molar-refractivity contribution >= 4 is 14.1 Å². The van der Waals surface area contributed by atoms with Crippen LogP contribution in [0.3, 0.4) is 0 Å². The molecular formula is C14H20O2P+. The summed E-state index contributed by atoms with van der Waals surface area (Å²) in [4.78, 5) is 8.62. The molecule has 0 aliphatic heterocycles. The Balaban J connectivity index is 2.01. The van der Waals surface area contributed by atoms with E-state index in [4.69, 9.17) is 4.89 Å². The third-order valence-corrected chi connectivity index (χ3v) is 3.28. The van der Waals surface area contributed by atoms with E-state index in [-0.39, 0.29) is 0 Å². The molecule has 0 fully saturated rings. The minimum atomic E-state index is -1.92. The lowest BCUT2D eigenvalue weighted by Crippen LogP contribution is -1.80. The number of hydrogen-bond acceptors (Lipinski definition) is 1. The first-order valence-corrected chi connectivity index (χ1v) is 7.54. The molecule has 0 spiro atoms. The van der Waals surface area contributed by atoms with Crippen molar-refractivity contribution in [3.05, 3.63) is 42.0 Å². The molecule has 0 bridgehead atoms. The Morgan fingerprint density at radius 2 is 1.76 bits per heavy atom. The molecule has 1 N–H and O–H groups in total. The van der Waals surface area contributed by atoms with Gasteiger partial charge in [0.15, 0.2) is 6.16 Å². The molecular weight excluding hydrogens is 231 g/mol. The van der Waals surface area contributed by atoms with Crippen molar-refractivity contribution < 1.29 is 9.46 Å². The van der Waals surface area contributed by atoms with Crippen LogP contribution in [-0.4, -0.2) is 11.1 Å².